The van der Waals surface area contributed by atoms with Gasteiger partial charge in [0.05, 0.1) is 6.10 Å². The van der Waals surface area contributed by atoms with Gasteiger partial charge in [0.2, 0.25) is 0 Å². The van der Waals surface area contributed by atoms with Crippen molar-refractivity contribution in [2.45, 2.75) is 63.4 Å². The molecule has 0 radical (unpaired) electrons. The molecule has 114 valence electrons. The first-order valence-electron chi connectivity index (χ1n) is 8.74. The maximum absolute atomic E-state index is 9.76. The number of hydrogen-bond acceptors (Lipinski definition) is 2. The lowest BCUT2D eigenvalue weighted by atomic mass is 9.67. The van der Waals surface area contributed by atoms with Gasteiger partial charge in [0.1, 0.15) is 5.75 Å². The Morgan fingerprint density at radius 1 is 1.00 bits per heavy atom. The average molecular weight is 286 g/mol. The molecular weight excluding hydrogens is 260 g/mol. The van der Waals surface area contributed by atoms with Crippen LogP contribution in [0.4, 0.5) is 0 Å². The average Bonchev–Trinajstić information content (AvgIpc) is 2.68. The van der Waals surface area contributed by atoms with Gasteiger partial charge in [-0.2, -0.15) is 0 Å². The molecule has 1 saturated heterocycles. The summed E-state index contributed by atoms with van der Waals surface area (Å²) in [5.74, 6) is 2.83. The molecule has 3 aliphatic rings. The fourth-order valence-corrected chi connectivity index (χ4v) is 5.09. The first-order chi connectivity index (χ1) is 10.3. The van der Waals surface area contributed by atoms with Crippen LogP contribution in [-0.2, 0) is 11.2 Å². The van der Waals surface area contributed by atoms with E-state index in [1.807, 2.05) is 12.1 Å². The van der Waals surface area contributed by atoms with Crippen molar-refractivity contribution in [2.24, 2.45) is 11.8 Å². The van der Waals surface area contributed by atoms with Crippen molar-refractivity contribution < 1.29 is 9.84 Å². The molecule has 1 heterocycles. The highest BCUT2D eigenvalue weighted by Gasteiger charge is 2.37. The molecule has 0 amide bonds. The Bertz CT molecular complexity index is 510. The highest BCUT2D eigenvalue weighted by atomic mass is 16.5. The van der Waals surface area contributed by atoms with E-state index in [0.29, 0.717) is 11.9 Å². The Morgan fingerprint density at radius 3 is 2.90 bits per heavy atom. The van der Waals surface area contributed by atoms with Crippen LogP contribution in [-0.4, -0.2) is 17.8 Å². The van der Waals surface area contributed by atoms with Gasteiger partial charge in [-0.05, 0) is 86.0 Å². The molecule has 0 spiro atoms. The highest BCUT2D eigenvalue weighted by Crippen LogP contribution is 2.47. The zero-order chi connectivity index (χ0) is 14.2. The van der Waals surface area contributed by atoms with Gasteiger partial charge < -0.3 is 9.84 Å². The summed E-state index contributed by atoms with van der Waals surface area (Å²) in [5, 5.41) is 9.76. The minimum Gasteiger partial charge on any atom is -0.508 e. The Kier molecular flexibility index (Phi) is 3.66. The molecule has 4 rings (SSSR count). The predicted octanol–water partition coefficient (Wildman–Crippen LogP) is 4.41. The van der Waals surface area contributed by atoms with E-state index in [9.17, 15) is 5.11 Å². The number of benzene rings is 1. The van der Waals surface area contributed by atoms with Crippen LogP contribution in [0, 0.1) is 11.8 Å². The minimum absolute atomic E-state index is 0.432. The van der Waals surface area contributed by atoms with Gasteiger partial charge in [0, 0.05) is 6.61 Å². The molecule has 4 atom stereocenters. The van der Waals surface area contributed by atoms with Crippen LogP contribution >= 0.6 is 0 Å². The van der Waals surface area contributed by atoms with E-state index in [2.05, 4.69) is 6.07 Å². The lowest BCUT2D eigenvalue weighted by molar-refractivity contribution is 0.0452. The molecule has 1 unspecified atom stereocenters. The van der Waals surface area contributed by atoms with Crippen LogP contribution in [0.5, 0.6) is 5.75 Å². The van der Waals surface area contributed by atoms with Crippen LogP contribution in [0.15, 0.2) is 18.2 Å². The molecule has 1 aromatic rings. The molecular formula is C19H26O2. The lowest BCUT2D eigenvalue weighted by Crippen LogP contribution is -2.28. The molecule has 2 bridgehead atoms. The van der Waals surface area contributed by atoms with Crippen molar-refractivity contribution in [3.05, 3.63) is 29.3 Å². The summed E-state index contributed by atoms with van der Waals surface area (Å²) in [4.78, 5) is 0. The van der Waals surface area contributed by atoms with Gasteiger partial charge in [0.25, 0.3) is 0 Å². The second-order valence-corrected chi connectivity index (χ2v) is 7.24. The van der Waals surface area contributed by atoms with Crippen molar-refractivity contribution in [2.75, 3.05) is 6.61 Å². The second-order valence-electron chi connectivity index (χ2n) is 7.24. The molecule has 2 fully saturated rings. The standard InChI is InChI=1S/C19H26O2/c20-15-6-9-18-14(12-15)5-8-17-13-4-7-16(21-11-10-13)2-1-3-19(17)18/h6,9,12-13,16-17,19-20H,1-5,7-8,10-11H2/t13-,16?,17+,19+/m1/s1. The van der Waals surface area contributed by atoms with Gasteiger partial charge >= 0.3 is 0 Å². The quantitative estimate of drug-likeness (QED) is 0.765. The maximum atomic E-state index is 9.76. The monoisotopic (exact) mass is 286 g/mol. The van der Waals surface area contributed by atoms with Gasteiger partial charge in [-0.1, -0.05) is 12.5 Å². The predicted molar refractivity (Wildman–Crippen MR) is 83.6 cm³/mol. The van der Waals surface area contributed by atoms with Crippen molar-refractivity contribution >= 4 is 0 Å². The summed E-state index contributed by atoms with van der Waals surface area (Å²) in [7, 11) is 0. The molecule has 2 heteroatoms. The van der Waals surface area contributed by atoms with Crippen LogP contribution in [0.25, 0.3) is 0 Å². The molecule has 1 aliphatic heterocycles. The fraction of sp³-hybridized carbons (Fsp3) is 0.684. The number of phenolic OH excluding ortho intramolecular Hbond substituents is 1. The van der Waals surface area contributed by atoms with E-state index in [0.717, 1.165) is 30.8 Å². The van der Waals surface area contributed by atoms with E-state index in [1.54, 1.807) is 0 Å². The summed E-state index contributed by atoms with van der Waals surface area (Å²) >= 11 is 0. The third-order valence-electron chi connectivity index (χ3n) is 6.14. The normalized spacial score (nSPS) is 35.8. The van der Waals surface area contributed by atoms with Crippen LogP contribution in [0.3, 0.4) is 0 Å². The maximum Gasteiger partial charge on any atom is 0.115 e. The molecule has 0 aromatic heterocycles. The van der Waals surface area contributed by atoms with Crippen LogP contribution in [0.1, 0.15) is 62.0 Å². The molecule has 2 nitrogen and oxygen atoms in total. The Balaban J connectivity index is 1.68. The van der Waals surface area contributed by atoms with E-state index in [-0.39, 0.29) is 0 Å². The molecule has 1 N–H and O–H groups in total. The van der Waals surface area contributed by atoms with Crippen molar-refractivity contribution in [3.8, 4) is 5.75 Å². The van der Waals surface area contributed by atoms with Gasteiger partial charge in [0.15, 0.2) is 0 Å². The highest BCUT2D eigenvalue weighted by molar-refractivity contribution is 5.39. The molecule has 21 heavy (non-hydrogen) atoms. The number of rotatable bonds is 0. The summed E-state index contributed by atoms with van der Waals surface area (Å²) in [6.07, 6.45) is 10.7. The third-order valence-corrected chi connectivity index (χ3v) is 6.14. The van der Waals surface area contributed by atoms with E-state index < -0.39 is 0 Å². The Hall–Kier alpha value is -1.02. The largest absolute Gasteiger partial charge is 0.508 e. The zero-order valence-electron chi connectivity index (χ0n) is 12.8. The van der Waals surface area contributed by atoms with E-state index >= 15 is 0 Å². The molecule has 1 saturated carbocycles. The third kappa shape index (κ3) is 2.59. The minimum atomic E-state index is 0.432. The number of hydrogen-bond donors (Lipinski definition) is 1. The van der Waals surface area contributed by atoms with E-state index in [1.165, 1.54) is 56.1 Å². The first kappa shape index (κ1) is 13.6. The number of phenols is 1. The van der Waals surface area contributed by atoms with Crippen molar-refractivity contribution in [1.29, 1.82) is 0 Å². The smallest absolute Gasteiger partial charge is 0.115 e. The SMILES string of the molecule is Oc1ccc2c(c1)CC[C@H]1[C@H]3CCOC(CCC[C@H]21)CC3. The summed E-state index contributed by atoms with van der Waals surface area (Å²) in [6.45, 7) is 0.973. The summed E-state index contributed by atoms with van der Waals surface area (Å²) in [6, 6.07) is 6.10. The van der Waals surface area contributed by atoms with Gasteiger partial charge in [-0.25, -0.2) is 0 Å². The molecule has 1 aromatic carbocycles. The van der Waals surface area contributed by atoms with Crippen molar-refractivity contribution in [3.63, 3.8) is 0 Å². The van der Waals surface area contributed by atoms with Gasteiger partial charge in [-0.3, -0.25) is 0 Å². The summed E-state index contributed by atoms with van der Waals surface area (Å²) in [5.41, 5.74) is 2.94. The second kappa shape index (κ2) is 5.64. The van der Waals surface area contributed by atoms with Crippen LogP contribution < -0.4 is 0 Å². The summed E-state index contributed by atoms with van der Waals surface area (Å²) < 4.78 is 6.04. The van der Waals surface area contributed by atoms with Crippen molar-refractivity contribution in [1.82, 2.24) is 0 Å². The Labute approximate surface area is 127 Å². The number of aryl methyl sites for hydroxylation is 1. The van der Waals surface area contributed by atoms with E-state index in [4.69, 9.17) is 4.74 Å². The van der Waals surface area contributed by atoms with Gasteiger partial charge in [-0.15, -0.1) is 0 Å². The Morgan fingerprint density at radius 2 is 1.95 bits per heavy atom. The first-order valence-corrected chi connectivity index (χ1v) is 8.74. The van der Waals surface area contributed by atoms with Crippen LogP contribution in [0.2, 0.25) is 0 Å². The number of ether oxygens (including phenoxy) is 1. The number of fused-ring (bicyclic) bond motifs is 7. The zero-order valence-corrected chi connectivity index (χ0v) is 12.8. The lowest BCUT2D eigenvalue weighted by Gasteiger charge is -2.38. The topological polar surface area (TPSA) is 29.5 Å². The fourth-order valence-electron chi connectivity index (χ4n) is 5.09. The number of aromatic hydroxyl groups is 1. The molecule has 2 aliphatic carbocycles.